The number of aromatic nitrogens is 2. The molecular weight excluding hydrogens is 342 g/mol. The lowest BCUT2D eigenvalue weighted by Gasteiger charge is -2.17. The standard InChI is InChI=1S/C21H21N3O3/c1-27-21(26)19(11-15-5-3-2-4-6-15)24-20-12-18(22-14-23-20)17-9-7-16(13-25)8-10-17/h2-10,12,14,19,25H,11,13H2,1H3,(H,22,23,24)/t19-/m0/s1. The van der Waals surface area contributed by atoms with Crippen molar-refractivity contribution in [1.29, 1.82) is 0 Å². The first kappa shape index (κ1) is 18.5. The molecular formula is C21H21N3O3. The van der Waals surface area contributed by atoms with Crippen LogP contribution in [0.1, 0.15) is 11.1 Å². The van der Waals surface area contributed by atoms with Crippen LogP contribution in [0, 0.1) is 0 Å². The minimum atomic E-state index is -0.558. The van der Waals surface area contributed by atoms with Crippen molar-refractivity contribution in [3.63, 3.8) is 0 Å². The van der Waals surface area contributed by atoms with Crippen molar-refractivity contribution >= 4 is 11.8 Å². The number of aliphatic hydroxyl groups is 1. The third-order valence-electron chi connectivity index (χ3n) is 4.19. The number of carbonyl (C=O) groups is 1. The number of hydrogen-bond acceptors (Lipinski definition) is 6. The molecule has 2 aromatic carbocycles. The number of esters is 1. The summed E-state index contributed by atoms with van der Waals surface area (Å²) in [5.41, 5.74) is 3.48. The molecule has 1 heterocycles. The SMILES string of the molecule is COC(=O)[C@H](Cc1ccccc1)Nc1cc(-c2ccc(CO)cc2)ncn1. The summed E-state index contributed by atoms with van der Waals surface area (Å²) in [5.74, 6) is 0.184. The van der Waals surface area contributed by atoms with E-state index in [2.05, 4.69) is 15.3 Å². The summed E-state index contributed by atoms with van der Waals surface area (Å²) in [4.78, 5) is 20.7. The Balaban J connectivity index is 1.80. The molecule has 6 nitrogen and oxygen atoms in total. The fourth-order valence-electron chi connectivity index (χ4n) is 2.74. The van der Waals surface area contributed by atoms with Gasteiger partial charge in [0, 0.05) is 18.1 Å². The lowest BCUT2D eigenvalue weighted by Crippen LogP contribution is -2.33. The molecule has 0 amide bonds. The van der Waals surface area contributed by atoms with Gasteiger partial charge in [-0.15, -0.1) is 0 Å². The van der Waals surface area contributed by atoms with Gasteiger partial charge in [-0.1, -0.05) is 54.6 Å². The van der Waals surface area contributed by atoms with E-state index >= 15 is 0 Å². The smallest absolute Gasteiger partial charge is 0.328 e. The van der Waals surface area contributed by atoms with E-state index < -0.39 is 6.04 Å². The topological polar surface area (TPSA) is 84.3 Å². The minimum absolute atomic E-state index is 0.00282. The Bertz CT molecular complexity index is 883. The number of ether oxygens (including phenoxy) is 1. The number of methoxy groups -OCH3 is 1. The van der Waals surface area contributed by atoms with Crippen LogP contribution in [0.15, 0.2) is 67.0 Å². The zero-order valence-corrected chi connectivity index (χ0v) is 15.0. The molecule has 27 heavy (non-hydrogen) atoms. The number of rotatable bonds is 7. The quantitative estimate of drug-likeness (QED) is 0.628. The van der Waals surface area contributed by atoms with Gasteiger partial charge < -0.3 is 15.2 Å². The molecule has 0 aliphatic carbocycles. The first-order chi connectivity index (χ1) is 13.2. The van der Waals surface area contributed by atoms with Crippen molar-refractivity contribution in [3.8, 4) is 11.3 Å². The highest BCUT2D eigenvalue weighted by Crippen LogP contribution is 2.20. The van der Waals surface area contributed by atoms with Crippen LogP contribution in [-0.2, 0) is 22.6 Å². The number of anilines is 1. The number of carbonyl (C=O) groups excluding carboxylic acids is 1. The van der Waals surface area contributed by atoms with Gasteiger partial charge in [0.1, 0.15) is 18.2 Å². The van der Waals surface area contributed by atoms with E-state index in [1.165, 1.54) is 13.4 Å². The van der Waals surface area contributed by atoms with E-state index in [-0.39, 0.29) is 12.6 Å². The molecule has 0 fully saturated rings. The maximum atomic E-state index is 12.2. The van der Waals surface area contributed by atoms with Crippen molar-refractivity contribution in [2.24, 2.45) is 0 Å². The van der Waals surface area contributed by atoms with Crippen LogP contribution in [0.4, 0.5) is 5.82 Å². The predicted octanol–water partition coefficient (Wildman–Crippen LogP) is 2.83. The van der Waals surface area contributed by atoms with Crippen LogP contribution in [0.2, 0.25) is 0 Å². The Labute approximate surface area is 157 Å². The largest absolute Gasteiger partial charge is 0.467 e. The van der Waals surface area contributed by atoms with Gasteiger partial charge in [0.15, 0.2) is 0 Å². The Morgan fingerprint density at radius 1 is 1.07 bits per heavy atom. The second kappa shape index (κ2) is 8.91. The second-order valence-electron chi connectivity index (χ2n) is 6.05. The molecule has 1 atom stereocenters. The molecule has 0 saturated carbocycles. The summed E-state index contributed by atoms with van der Waals surface area (Å²) in [7, 11) is 1.37. The normalized spacial score (nSPS) is 11.6. The molecule has 3 aromatic rings. The molecule has 0 unspecified atom stereocenters. The fraction of sp³-hybridized carbons (Fsp3) is 0.190. The van der Waals surface area contributed by atoms with Gasteiger partial charge in [0.05, 0.1) is 19.4 Å². The Kier molecular flexibility index (Phi) is 6.12. The molecule has 3 rings (SSSR count). The van der Waals surface area contributed by atoms with Crippen molar-refractivity contribution in [3.05, 3.63) is 78.1 Å². The Morgan fingerprint density at radius 3 is 2.48 bits per heavy atom. The third-order valence-corrected chi connectivity index (χ3v) is 4.19. The summed E-state index contributed by atoms with van der Waals surface area (Å²) in [6.07, 6.45) is 1.94. The number of aliphatic hydroxyl groups excluding tert-OH is 1. The van der Waals surface area contributed by atoms with E-state index in [0.29, 0.717) is 12.2 Å². The van der Waals surface area contributed by atoms with Crippen LogP contribution in [0.25, 0.3) is 11.3 Å². The van der Waals surface area contributed by atoms with E-state index in [1.54, 1.807) is 6.07 Å². The number of hydrogen-bond donors (Lipinski definition) is 2. The minimum Gasteiger partial charge on any atom is -0.467 e. The highest BCUT2D eigenvalue weighted by molar-refractivity contribution is 5.79. The maximum Gasteiger partial charge on any atom is 0.328 e. The van der Waals surface area contributed by atoms with Crippen LogP contribution >= 0.6 is 0 Å². The number of nitrogens with one attached hydrogen (secondary N) is 1. The highest BCUT2D eigenvalue weighted by atomic mass is 16.5. The van der Waals surface area contributed by atoms with Gasteiger partial charge in [-0.3, -0.25) is 0 Å². The van der Waals surface area contributed by atoms with Crippen LogP contribution < -0.4 is 5.32 Å². The lowest BCUT2D eigenvalue weighted by molar-refractivity contribution is -0.141. The third kappa shape index (κ3) is 4.89. The molecule has 0 radical (unpaired) electrons. The first-order valence-electron chi connectivity index (χ1n) is 8.60. The van der Waals surface area contributed by atoms with Gasteiger partial charge in [-0.05, 0) is 11.1 Å². The van der Waals surface area contributed by atoms with Crippen LogP contribution in [0.5, 0.6) is 0 Å². The predicted molar refractivity (Wildman–Crippen MR) is 103 cm³/mol. The maximum absolute atomic E-state index is 12.2. The van der Waals surface area contributed by atoms with E-state index in [1.807, 2.05) is 54.6 Å². The summed E-state index contributed by atoms with van der Waals surface area (Å²) >= 11 is 0. The zero-order chi connectivity index (χ0) is 19.1. The Morgan fingerprint density at radius 2 is 1.81 bits per heavy atom. The second-order valence-corrected chi connectivity index (χ2v) is 6.05. The average Bonchev–Trinajstić information content (AvgIpc) is 2.73. The molecule has 0 aliphatic heterocycles. The van der Waals surface area contributed by atoms with Gasteiger partial charge in [-0.2, -0.15) is 0 Å². The number of benzene rings is 2. The van der Waals surface area contributed by atoms with Crippen LogP contribution in [-0.4, -0.2) is 34.2 Å². The van der Waals surface area contributed by atoms with Crippen LogP contribution in [0.3, 0.4) is 0 Å². The van der Waals surface area contributed by atoms with Crippen molar-refractivity contribution in [1.82, 2.24) is 9.97 Å². The monoisotopic (exact) mass is 363 g/mol. The molecule has 0 aliphatic rings. The summed E-state index contributed by atoms with van der Waals surface area (Å²) in [6, 6.07) is 18.4. The fourth-order valence-corrected chi connectivity index (χ4v) is 2.74. The van der Waals surface area contributed by atoms with Crippen molar-refractivity contribution in [2.45, 2.75) is 19.1 Å². The van der Waals surface area contributed by atoms with E-state index in [0.717, 1.165) is 22.4 Å². The average molecular weight is 363 g/mol. The van der Waals surface area contributed by atoms with Crippen molar-refractivity contribution in [2.75, 3.05) is 12.4 Å². The zero-order valence-electron chi connectivity index (χ0n) is 15.0. The number of nitrogens with zero attached hydrogens (tertiary/aromatic N) is 2. The molecule has 2 N–H and O–H groups in total. The van der Waals surface area contributed by atoms with Gasteiger partial charge >= 0.3 is 5.97 Å². The molecule has 138 valence electrons. The molecule has 6 heteroatoms. The highest BCUT2D eigenvalue weighted by Gasteiger charge is 2.20. The van der Waals surface area contributed by atoms with E-state index in [4.69, 9.17) is 9.84 Å². The lowest BCUT2D eigenvalue weighted by atomic mass is 10.1. The summed E-state index contributed by atoms with van der Waals surface area (Å²) < 4.78 is 4.93. The first-order valence-corrected chi connectivity index (χ1v) is 8.60. The van der Waals surface area contributed by atoms with Gasteiger partial charge in [0.25, 0.3) is 0 Å². The van der Waals surface area contributed by atoms with Gasteiger partial charge in [0.2, 0.25) is 0 Å². The van der Waals surface area contributed by atoms with Crippen molar-refractivity contribution < 1.29 is 14.6 Å². The Hall–Kier alpha value is -3.25. The van der Waals surface area contributed by atoms with E-state index in [9.17, 15) is 4.79 Å². The van der Waals surface area contributed by atoms with Gasteiger partial charge in [-0.25, -0.2) is 14.8 Å². The summed E-state index contributed by atoms with van der Waals surface area (Å²) in [6.45, 7) is -0.00282. The molecule has 0 saturated heterocycles. The molecule has 1 aromatic heterocycles. The molecule has 0 bridgehead atoms. The summed E-state index contributed by atoms with van der Waals surface area (Å²) in [5, 5.41) is 12.3. The molecule has 0 spiro atoms.